The fraction of sp³-hybridized carbons (Fsp3) is 0.154. The van der Waals surface area contributed by atoms with Crippen LogP contribution in [0.4, 0.5) is 0 Å². The van der Waals surface area contributed by atoms with Crippen LogP contribution >= 0.6 is 11.6 Å². The molecule has 1 atom stereocenters. The van der Waals surface area contributed by atoms with Gasteiger partial charge in [0.05, 0.1) is 16.6 Å². The summed E-state index contributed by atoms with van der Waals surface area (Å²) in [7, 11) is 0. The molecule has 0 aliphatic carbocycles. The van der Waals surface area contributed by atoms with E-state index in [2.05, 4.69) is 0 Å². The number of halogens is 1. The molecular weight excluding hydrogens is 238 g/mol. The Morgan fingerprint density at radius 2 is 2.00 bits per heavy atom. The van der Waals surface area contributed by atoms with E-state index in [1.54, 1.807) is 19.1 Å². The number of aliphatic carboxylic acids is 1. The summed E-state index contributed by atoms with van der Waals surface area (Å²) in [5.74, 6) is -1.40. The van der Waals surface area contributed by atoms with Crippen LogP contribution in [-0.2, 0) is 4.79 Å². The first-order valence-corrected chi connectivity index (χ1v) is 5.63. The van der Waals surface area contributed by atoms with Gasteiger partial charge in [-0.2, -0.15) is 0 Å². The van der Waals surface area contributed by atoms with Crippen molar-refractivity contribution in [1.29, 1.82) is 0 Å². The highest BCUT2D eigenvalue weighted by atomic mass is 35.5. The van der Waals surface area contributed by atoms with Crippen molar-refractivity contribution in [2.45, 2.75) is 12.8 Å². The molecule has 0 bridgehead atoms. The Morgan fingerprint density at radius 1 is 1.35 bits per heavy atom. The van der Waals surface area contributed by atoms with Gasteiger partial charge in [-0.1, -0.05) is 17.7 Å². The van der Waals surface area contributed by atoms with Gasteiger partial charge in [-0.15, -0.1) is 0 Å². The summed E-state index contributed by atoms with van der Waals surface area (Å²) in [6.45, 7) is 1.64. The second-order valence-corrected chi connectivity index (χ2v) is 4.27. The SMILES string of the molecule is C[C@H](C(=O)O)c1ccc(-n2cccc2)c(Cl)c1. The third kappa shape index (κ3) is 2.34. The van der Waals surface area contributed by atoms with Crippen LogP contribution in [0.5, 0.6) is 0 Å². The van der Waals surface area contributed by atoms with Crippen molar-refractivity contribution >= 4 is 17.6 Å². The summed E-state index contributed by atoms with van der Waals surface area (Å²) in [6.07, 6.45) is 3.78. The molecule has 1 heterocycles. The third-order valence-corrected chi connectivity index (χ3v) is 3.03. The number of carboxylic acids is 1. The molecule has 0 saturated heterocycles. The van der Waals surface area contributed by atoms with Gasteiger partial charge in [0.15, 0.2) is 0 Å². The van der Waals surface area contributed by atoms with E-state index >= 15 is 0 Å². The van der Waals surface area contributed by atoms with Gasteiger partial charge < -0.3 is 9.67 Å². The van der Waals surface area contributed by atoms with Crippen molar-refractivity contribution in [3.63, 3.8) is 0 Å². The highest BCUT2D eigenvalue weighted by Gasteiger charge is 2.15. The molecule has 2 rings (SSSR count). The minimum absolute atomic E-state index is 0.548. The number of nitrogens with zero attached hydrogens (tertiary/aromatic N) is 1. The van der Waals surface area contributed by atoms with Gasteiger partial charge in [-0.3, -0.25) is 4.79 Å². The quantitative estimate of drug-likeness (QED) is 0.907. The molecule has 4 heteroatoms. The predicted molar refractivity (Wildman–Crippen MR) is 66.8 cm³/mol. The first kappa shape index (κ1) is 11.7. The summed E-state index contributed by atoms with van der Waals surface area (Å²) < 4.78 is 1.89. The molecule has 3 nitrogen and oxygen atoms in total. The van der Waals surface area contributed by atoms with Crippen LogP contribution < -0.4 is 0 Å². The van der Waals surface area contributed by atoms with E-state index in [-0.39, 0.29) is 0 Å². The zero-order valence-electron chi connectivity index (χ0n) is 9.30. The maximum atomic E-state index is 10.9. The topological polar surface area (TPSA) is 42.2 Å². The molecule has 88 valence electrons. The lowest BCUT2D eigenvalue weighted by Crippen LogP contribution is -2.07. The van der Waals surface area contributed by atoms with Crippen LogP contribution in [-0.4, -0.2) is 15.6 Å². The average Bonchev–Trinajstić information content (AvgIpc) is 2.81. The number of carbonyl (C=O) groups is 1. The van der Waals surface area contributed by atoms with Crippen molar-refractivity contribution < 1.29 is 9.90 Å². The molecule has 0 radical (unpaired) electrons. The van der Waals surface area contributed by atoms with Crippen LogP contribution in [0.15, 0.2) is 42.7 Å². The minimum Gasteiger partial charge on any atom is -0.481 e. The van der Waals surface area contributed by atoms with Crippen molar-refractivity contribution in [3.05, 3.63) is 53.3 Å². The first-order chi connectivity index (χ1) is 8.09. The number of hydrogen-bond donors (Lipinski definition) is 1. The molecule has 0 saturated carbocycles. The zero-order chi connectivity index (χ0) is 12.4. The van der Waals surface area contributed by atoms with Crippen molar-refractivity contribution in [2.75, 3.05) is 0 Å². The van der Waals surface area contributed by atoms with Gasteiger partial charge in [0.2, 0.25) is 0 Å². The molecule has 0 aliphatic rings. The van der Waals surface area contributed by atoms with Gasteiger partial charge in [-0.25, -0.2) is 0 Å². The van der Waals surface area contributed by atoms with Gasteiger partial charge in [0.1, 0.15) is 0 Å². The second kappa shape index (κ2) is 4.63. The Morgan fingerprint density at radius 3 is 2.53 bits per heavy atom. The average molecular weight is 250 g/mol. The molecule has 2 aromatic rings. The predicted octanol–water partition coefficient (Wildman–Crippen LogP) is 3.32. The molecule has 0 spiro atoms. The lowest BCUT2D eigenvalue weighted by atomic mass is 10.0. The Bertz CT molecular complexity index is 534. The van der Waals surface area contributed by atoms with Crippen LogP contribution in [0.1, 0.15) is 18.4 Å². The summed E-state index contributed by atoms with van der Waals surface area (Å²) >= 11 is 6.16. The smallest absolute Gasteiger partial charge is 0.310 e. The maximum absolute atomic E-state index is 10.9. The molecule has 0 unspecified atom stereocenters. The van der Waals surface area contributed by atoms with Crippen LogP contribution in [0.3, 0.4) is 0 Å². The molecule has 1 aromatic heterocycles. The van der Waals surface area contributed by atoms with Gasteiger partial charge >= 0.3 is 5.97 Å². The first-order valence-electron chi connectivity index (χ1n) is 5.25. The maximum Gasteiger partial charge on any atom is 0.310 e. The molecule has 0 amide bonds. The molecule has 17 heavy (non-hydrogen) atoms. The monoisotopic (exact) mass is 249 g/mol. The molecule has 1 N–H and O–H groups in total. The highest BCUT2D eigenvalue weighted by molar-refractivity contribution is 6.32. The Labute approximate surface area is 104 Å². The van der Waals surface area contributed by atoms with Gasteiger partial charge in [0.25, 0.3) is 0 Å². The number of rotatable bonds is 3. The van der Waals surface area contributed by atoms with E-state index in [0.29, 0.717) is 10.6 Å². The fourth-order valence-corrected chi connectivity index (χ4v) is 1.93. The fourth-order valence-electron chi connectivity index (χ4n) is 1.64. The van der Waals surface area contributed by atoms with E-state index in [0.717, 1.165) is 5.69 Å². The molecule has 0 fully saturated rings. The number of aromatic nitrogens is 1. The minimum atomic E-state index is -0.852. The molecule has 0 aliphatic heterocycles. The van der Waals surface area contributed by atoms with E-state index in [1.807, 2.05) is 35.2 Å². The Balaban J connectivity index is 2.39. The van der Waals surface area contributed by atoms with Crippen molar-refractivity contribution in [2.24, 2.45) is 0 Å². The Hall–Kier alpha value is -1.74. The summed E-state index contributed by atoms with van der Waals surface area (Å²) in [5, 5.41) is 9.48. The highest BCUT2D eigenvalue weighted by Crippen LogP contribution is 2.25. The van der Waals surface area contributed by atoms with E-state index in [1.165, 1.54) is 0 Å². The number of hydrogen-bond acceptors (Lipinski definition) is 1. The van der Waals surface area contributed by atoms with Crippen LogP contribution in [0.25, 0.3) is 5.69 Å². The lowest BCUT2D eigenvalue weighted by molar-refractivity contribution is -0.138. The van der Waals surface area contributed by atoms with Crippen molar-refractivity contribution in [1.82, 2.24) is 4.57 Å². The van der Waals surface area contributed by atoms with E-state index in [4.69, 9.17) is 16.7 Å². The summed E-state index contributed by atoms with van der Waals surface area (Å²) in [6, 6.07) is 9.14. The summed E-state index contributed by atoms with van der Waals surface area (Å²) in [5.41, 5.74) is 1.55. The van der Waals surface area contributed by atoms with Gasteiger partial charge in [0, 0.05) is 12.4 Å². The standard InChI is InChI=1S/C13H12ClNO2/c1-9(13(16)17)10-4-5-12(11(14)8-10)15-6-2-3-7-15/h2-9H,1H3,(H,16,17)/t9-/m0/s1. The van der Waals surface area contributed by atoms with Crippen molar-refractivity contribution in [3.8, 4) is 5.69 Å². The lowest BCUT2D eigenvalue weighted by Gasteiger charge is -2.10. The second-order valence-electron chi connectivity index (χ2n) is 3.86. The molecule has 1 aromatic carbocycles. The largest absolute Gasteiger partial charge is 0.481 e. The third-order valence-electron chi connectivity index (χ3n) is 2.72. The molecular formula is C13H12ClNO2. The number of carboxylic acid groups (broad SMARTS) is 1. The van der Waals surface area contributed by atoms with Crippen LogP contribution in [0.2, 0.25) is 5.02 Å². The summed E-state index contributed by atoms with van der Waals surface area (Å²) in [4.78, 5) is 10.9. The van der Waals surface area contributed by atoms with E-state index in [9.17, 15) is 4.79 Å². The normalized spacial score (nSPS) is 12.4. The van der Waals surface area contributed by atoms with E-state index < -0.39 is 11.9 Å². The van der Waals surface area contributed by atoms with Gasteiger partial charge in [-0.05, 0) is 36.8 Å². The number of benzene rings is 1. The Kier molecular flexibility index (Phi) is 3.20. The van der Waals surface area contributed by atoms with Crippen LogP contribution in [0, 0.1) is 0 Å². The zero-order valence-corrected chi connectivity index (χ0v) is 10.1.